The third-order valence-corrected chi connectivity index (χ3v) is 5.05. The van der Waals surface area contributed by atoms with E-state index < -0.39 is 16.1 Å². The highest BCUT2D eigenvalue weighted by atomic mass is 32.2. The number of aliphatic hydroxyl groups is 1. The minimum absolute atomic E-state index is 0.0325. The van der Waals surface area contributed by atoms with Gasteiger partial charge in [-0.2, -0.15) is 4.99 Å². The predicted octanol–water partition coefficient (Wildman–Crippen LogP) is 3.40. The quantitative estimate of drug-likeness (QED) is 0.284. The zero-order chi connectivity index (χ0) is 18.0. The maximum absolute atomic E-state index is 12.3. The van der Waals surface area contributed by atoms with Crippen molar-refractivity contribution in [1.29, 1.82) is 0 Å². The zero-order valence-electron chi connectivity index (χ0n) is 13.7. The van der Waals surface area contributed by atoms with Crippen molar-refractivity contribution >= 4 is 34.8 Å². The second-order valence-corrected chi connectivity index (χ2v) is 9.44. The Balaban J connectivity index is 2.92. The highest BCUT2D eigenvalue weighted by molar-refractivity contribution is 8.03. The van der Waals surface area contributed by atoms with Crippen LogP contribution in [0.5, 0.6) is 10.8 Å². The van der Waals surface area contributed by atoms with E-state index in [1.54, 1.807) is 13.8 Å². The van der Waals surface area contributed by atoms with Crippen LogP contribution in [-0.2, 0) is 4.79 Å². The molecule has 8 heteroatoms. The molecule has 0 atom stereocenters. The van der Waals surface area contributed by atoms with E-state index in [1.165, 1.54) is 12.1 Å². The van der Waals surface area contributed by atoms with Crippen LogP contribution in [0.15, 0.2) is 27.1 Å². The van der Waals surface area contributed by atoms with E-state index >= 15 is 0 Å². The molecule has 6 nitrogen and oxygen atoms in total. The van der Waals surface area contributed by atoms with Gasteiger partial charge in [0.05, 0.1) is 8.96 Å². The molecule has 0 aliphatic heterocycles. The molecule has 0 aromatic carbocycles. The maximum atomic E-state index is 12.3. The third kappa shape index (κ3) is 5.47. The highest BCUT2D eigenvalue weighted by Gasteiger charge is 2.30. The Hall–Kier alpha value is -1.67. The summed E-state index contributed by atoms with van der Waals surface area (Å²) in [6.07, 6.45) is 1.27. The molecular weight excluding hydrogens is 336 g/mol. The smallest absolute Gasteiger partial charge is 0.263 e. The van der Waals surface area contributed by atoms with Crippen LogP contribution >= 0.6 is 23.1 Å². The number of aliphatic hydroxyl groups excluding tert-OH is 1. The second-order valence-electron chi connectivity index (χ2n) is 6.49. The summed E-state index contributed by atoms with van der Waals surface area (Å²) in [5.41, 5.74) is 5.21. The van der Waals surface area contributed by atoms with Crippen LogP contribution in [0.4, 0.5) is 0 Å². The van der Waals surface area contributed by atoms with Crippen LogP contribution in [0.3, 0.4) is 0 Å². The lowest BCUT2D eigenvalue weighted by Gasteiger charge is -2.19. The van der Waals surface area contributed by atoms with Gasteiger partial charge in [-0.3, -0.25) is 4.79 Å². The van der Waals surface area contributed by atoms with Crippen molar-refractivity contribution in [2.45, 2.75) is 43.6 Å². The Labute approximate surface area is 143 Å². The van der Waals surface area contributed by atoms with Gasteiger partial charge in [-0.25, -0.2) is 0 Å². The molecule has 0 aliphatic carbocycles. The summed E-state index contributed by atoms with van der Waals surface area (Å²) in [6.45, 7) is 8.76. The molecule has 0 aliphatic rings. The minimum atomic E-state index is -0.945. The van der Waals surface area contributed by atoms with Crippen molar-refractivity contribution in [2.75, 3.05) is 0 Å². The lowest BCUT2D eigenvalue weighted by molar-refractivity contribution is -0.119. The summed E-state index contributed by atoms with van der Waals surface area (Å²) in [6, 6.07) is 1.39. The van der Waals surface area contributed by atoms with Gasteiger partial charge in [0.1, 0.15) is 11.6 Å². The Bertz CT molecular complexity index is 635. The van der Waals surface area contributed by atoms with Gasteiger partial charge >= 0.3 is 0 Å². The molecule has 0 unspecified atom stereocenters. The second kappa shape index (κ2) is 6.84. The van der Waals surface area contributed by atoms with Gasteiger partial charge in [-0.1, -0.05) is 43.9 Å². The van der Waals surface area contributed by atoms with Crippen molar-refractivity contribution in [3.63, 3.8) is 0 Å². The summed E-state index contributed by atoms with van der Waals surface area (Å²) in [5.74, 6) is -0.745. The predicted molar refractivity (Wildman–Crippen MR) is 94.4 cm³/mol. The van der Waals surface area contributed by atoms with Crippen LogP contribution in [0.1, 0.15) is 34.6 Å². The number of amides is 1. The van der Waals surface area contributed by atoms with E-state index in [4.69, 9.17) is 5.73 Å². The van der Waals surface area contributed by atoms with Crippen LogP contribution in [0, 0.1) is 5.41 Å². The molecule has 1 aromatic rings. The molecule has 1 aromatic heterocycles. The molecule has 0 saturated heterocycles. The molecule has 0 bridgehead atoms. The van der Waals surface area contributed by atoms with Crippen molar-refractivity contribution in [1.82, 2.24) is 0 Å². The van der Waals surface area contributed by atoms with E-state index in [2.05, 4.69) is 4.99 Å². The number of aliphatic imine (C=N–C) groups is 1. The number of aromatic hydroxyl groups is 2. The van der Waals surface area contributed by atoms with Gasteiger partial charge in [-0.05, 0) is 13.8 Å². The van der Waals surface area contributed by atoms with Gasteiger partial charge in [-0.15, -0.1) is 0 Å². The summed E-state index contributed by atoms with van der Waals surface area (Å²) in [7, 11) is 0. The number of hydrogen-bond donors (Lipinski definition) is 4. The number of hydrogen-bond acceptors (Lipinski definition) is 6. The average Bonchev–Trinajstić information content (AvgIpc) is 2.65. The molecule has 0 radical (unpaired) electrons. The van der Waals surface area contributed by atoms with E-state index in [9.17, 15) is 20.1 Å². The first-order valence-corrected chi connectivity index (χ1v) is 8.47. The fraction of sp³-hybridized carbons (Fsp3) is 0.467. The molecule has 1 rings (SSSR count). The monoisotopic (exact) mass is 358 g/mol. The Morgan fingerprint density at radius 3 is 2.30 bits per heavy atom. The van der Waals surface area contributed by atoms with Crippen molar-refractivity contribution in [2.24, 2.45) is 16.1 Å². The van der Waals surface area contributed by atoms with Crippen LogP contribution in [0.2, 0.25) is 0 Å². The van der Waals surface area contributed by atoms with Crippen LogP contribution in [-0.4, -0.2) is 31.8 Å². The number of nitrogens with zero attached hydrogens (tertiary/aromatic N) is 1. The number of rotatable bonds is 4. The summed E-state index contributed by atoms with van der Waals surface area (Å²) >= 11 is 2.13. The van der Waals surface area contributed by atoms with Crippen LogP contribution < -0.4 is 5.73 Å². The van der Waals surface area contributed by atoms with E-state index in [-0.39, 0.29) is 22.4 Å². The van der Waals surface area contributed by atoms with Crippen molar-refractivity contribution < 1.29 is 20.1 Å². The van der Waals surface area contributed by atoms with E-state index in [0.717, 1.165) is 23.1 Å². The van der Waals surface area contributed by atoms with Crippen molar-refractivity contribution in [3.05, 3.63) is 17.9 Å². The fourth-order valence-corrected chi connectivity index (χ4v) is 3.70. The standard InChI is InChI=1S/C15H22N2O4S2/c1-14(2,3)9(19)7-10(16)17-13(21)15(4,5)23-11-6-8(18)12(20)22-11/h6-7,18-20H,1-5H3,(H2,16,17,21)/b9-7-. The zero-order valence-corrected chi connectivity index (χ0v) is 15.4. The van der Waals surface area contributed by atoms with Crippen LogP contribution in [0.25, 0.3) is 0 Å². The first-order chi connectivity index (χ1) is 10.3. The lowest BCUT2D eigenvalue weighted by Crippen LogP contribution is -2.28. The molecule has 0 saturated carbocycles. The molecular formula is C15H22N2O4S2. The Kier molecular flexibility index (Phi) is 5.76. The minimum Gasteiger partial charge on any atom is -0.512 e. The normalized spacial score (nSPS) is 14.1. The number of carbonyl (C=O) groups is 1. The van der Waals surface area contributed by atoms with Crippen molar-refractivity contribution in [3.8, 4) is 10.8 Å². The van der Waals surface area contributed by atoms with Gasteiger partial charge in [0, 0.05) is 17.6 Å². The maximum Gasteiger partial charge on any atom is 0.263 e. The molecule has 128 valence electrons. The molecule has 0 spiro atoms. The number of nitrogens with two attached hydrogens (primary N) is 1. The molecule has 1 heterocycles. The highest BCUT2D eigenvalue weighted by Crippen LogP contribution is 2.44. The van der Waals surface area contributed by atoms with Gasteiger partial charge in [0.15, 0.2) is 5.75 Å². The molecule has 0 fully saturated rings. The number of allylic oxidation sites excluding steroid dienone is 1. The fourth-order valence-electron chi connectivity index (χ4n) is 1.34. The topological polar surface area (TPSA) is 116 Å². The largest absolute Gasteiger partial charge is 0.512 e. The first kappa shape index (κ1) is 19.4. The number of carbonyl (C=O) groups excluding carboxylic acids is 1. The van der Waals surface area contributed by atoms with Gasteiger partial charge < -0.3 is 21.1 Å². The SMILES string of the molecule is CC(C)(Sc1cc(O)c(O)s1)C(=O)N=C(N)/C=C(\O)C(C)(C)C. The molecule has 1 amide bonds. The number of thiophene rings is 1. The van der Waals surface area contributed by atoms with Gasteiger partial charge in [0.25, 0.3) is 5.91 Å². The molecule has 23 heavy (non-hydrogen) atoms. The summed E-state index contributed by atoms with van der Waals surface area (Å²) in [5, 5.41) is 28.4. The lowest BCUT2D eigenvalue weighted by atomic mass is 9.93. The number of thioether (sulfide) groups is 1. The average molecular weight is 358 g/mol. The summed E-state index contributed by atoms with van der Waals surface area (Å²) in [4.78, 5) is 16.1. The Morgan fingerprint density at radius 2 is 1.87 bits per heavy atom. The molecule has 5 N–H and O–H groups in total. The third-order valence-electron chi connectivity index (χ3n) is 2.83. The van der Waals surface area contributed by atoms with E-state index in [0.29, 0.717) is 4.21 Å². The first-order valence-electron chi connectivity index (χ1n) is 6.83. The Morgan fingerprint density at radius 1 is 1.30 bits per heavy atom. The number of amidine groups is 1. The summed E-state index contributed by atoms with van der Waals surface area (Å²) < 4.78 is -0.361. The van der Waals surface area contributed by atoms with Gasteiger partial charge in [0.2, 0.25) is 5.06 Å². The van der Waals surface area contributed by atoms with E-state index in [1.807, 2.05) is 20.8 Å².